The number of hydrogen-bond donors (Lipinski definition) is 2. The van der Waals surface area contributed by atoms with E-state index in [0.717, 1.165) is 0 Å². The minimum Gasteiger partial charge on any atom is -0.358 e. The highest BCUT2D eigenvalue weighted by atomic mass is 32.1. The molecule has 0 unspecified atom stereocenters. The van der Waals surface area contributed by atoms with Crippen molar-refractivity contribution in [2.45, 2.75) is 19.4 Å². The molecular weight excluding hydrogens is 242 g/mol. The van der Waals surface area contributed by atoms with Crippen LogP contribution in [0.15, 0.2) is 11.6 Å². The van der Waals surface area contributed by atoms with E-state index in [9.17, 15) is 10.1 Å². The Balaban J connectivity index is 2.49. The first-order valence-corrected chi connectivity index (χ1v) is 5.91. The van der Waals surface area contributed by atoms with Crippen LogP contribution in [0.1, 0.15) is 13.8 Å². The summed E-state index contributed by atoms with van der Waals surface area (Å²) in [5.41, 5.74) is 5.15. The fourth-order valence-electron chi connectivity index (χ4n) is 1.40. The lowest BCUT2D eigenvalue weighted by Crippen LogP contribution is -2.39. The number of nitrogens with one attached hydrogen (secondary N) is 1. The molecule has 0 radical (unpaired) electrons. The molecule has 0 atom stereocenters. The second kappa shape index (κ2) is 3.97. The Morgan fingerprint density at radius 1 is 1.71 bits per heavy atom. The Bertz CT molecular complexity index is 559. The van der Waals surface area contributed by atoms with Crippen LogP contribution in [0.3, 0.4) is 0 Å². The molecule has 0 saturated heterocycles. The summed E-state index contributed by atoms with van der Waals surface area (Å²) in [5, 5.41) is 15.8. The SMILES string of the molecule is CC(C)(CN)Nc1nc2sccn2c1[N+](=O)[O-]. The molecule has 2 heterocycles. The summed E-state index contributed by atoms with van der Waals surface area (Å²) in [6, 6.07) is 0. The van der Waals surface area contributed by atoms with Gasteiger partial charge in [-0.2, -0.15) is 9.38 Å². The van der Waals surface area contributed by atoms with Crippen molar-refractivity contribution in [2.24, 2.45) is 5.73 Å². The number of aromatic nitrogens is 2. The van der Waals surface area contributed by atoms with Gasteiger partial charge in [0.05, 0.1) is 0 Å². The molecule has 0 spiro atoms. The molecule has 2 rings (SSSR count). The topological polar surface area (TPSA) is 98.5 Å². The van der Waals surface area contributed by atoms with Crippen molar-refractivity contribution in [2.75, 3.05) is 11.9 Å². The predicted octanol–water partition coefficient (Wildman–Crippen LogP) is 1.45. The zero-order valence-electron chi connectivity index (χ0n) is 9.51. The second-order valence-electron chi connectivity index (χ2n) is 4.31. The van der Waals surface area contributed by atoms with Crippen molar-refractivity contribution in [1.82, 2.24) is 9.38 Å². The van der Waals surface area contributed by atoms with Crippen molar-refractivity contribution in [3.8, 4) is 0 Å². The van der Waals surface area contributed by atoms with Gasteiger partial charge < -0.3 is 21.2 Å². The van der Waals surface area contributed by atoms with Crippen LogP contribution >= 0.6 is 11.3 Å². The van der Waals surface area contributed by atoms with Crippen LogP contribution in [0, 0.1) is 10.1 Å². The molecule has 0 fully saturated rings. The Labute approximate surface area is 101 Å². The van der Waals surface area contributed by atoms with Crippen molar-refractivity contribution < 1.29 is 4.92 Å². The molecule has 3 N–H and O–H groups in total. The summed E-state index contributed by atoms with van der Waals surface area (Å²) in [6.45, 7) is 4.09. The molecule has 92 valence electrons. The van der Waals surface area contributed by atoms with Gasteiger partial charge in [-0.05, 0) is 18.8 Å². The smallest absolute Gasteiger partial charge is 0.358 e. The largest absolute Gasteiger partial charge is 0.372 e. The minimum absolute atomic E-state index is 0.0530. The molecule has 0 aromatic carbocycles. The first-order valence-electron chi connectivity index (χ1n) is 5.03. The van der Waals surface area contributed by atoms with Crippen LogP contribution < -0.4 is 11.1 Å². The fraction of sp³-hybridized carbons (Fsp3) is 0.444. The van der Waals surface area contributed by atoms with Gasteiger partial charge in [-0.1, -0.05) is 11.3 Å². The van der Waals surface area contributed by atoms with Crippen molar-refractivity contribution in [3.05, 3.63) is 21.7 Å². The van der Waals surface area contributed by atoms with Gasteiger partial charge in [0.15, 0.2) is 0 Å². The Hall–Kier alpha value is -1.67. The minimum atomic E-state index is -0.443. The lowest BCUT2D eigenvalue weighted by molar-refractivity contribution is -0.389. The fourth-order valence-corrected chi connectivity index (χ4v) is 2.11. The maximum absolute atomic E-state index is 11.0. The Morgan fingerprint density at radius 2 is 2.41 bits per heavy atom. The number of nitrogens with two attached hydrogens (primary N) is 1. The number of fused-ring (bicyclic) bond motifs is 1. The normalized spacial score (nSPS) is 11.9. The van der Waals surface area contributed by atoms with Crippen LogP contribution in [0.4, 0.5) is 11.6 Å². The van der Waals surface area contributed by atoms with Gasteiger partial charge in [-0.15, -0.1) is 0 Å². The lowest BCUT2D eigenvalue weighted by Gasteiger charge is -2.23. The van der Waals surface area contributed by atoms with E-state index in [1.807, 2.05) is 13.8 Å². The summed E-state index contributed by atoms with van der Waals surface area (Å²) < 4.78 is 1.46. The van der Waals surface area contributed by atoms with Gasteiger partial charge in [-0.3, -0.25) is 0 Å². The van der Waals surface area contributed by atoms with E-state index in [-0.39, 0.29) is 11.6 Å². The number of nitro groups is 1. The third kappa shape index (κ3) is 2.08. The summed E-state index contributed by atoms with van der Waals surface area (Å²) >= 11 is 1.35. The number of thiazole rings is 1. The molecule has 0 aliphatic rings. The van der Waals surface area contributed by atoms with Crippen LogP contribution in [0.25, 0.3) is 4.96 Å². The molecule has 2 aromatic heterocycles. The van der Waals surface area contributed by atoms with Crippen molar-refractivity contribution in [3.63, 3.8) is 0 Å². The molecule has 8 heteroatoms. The molecule has 7 nitrogen and oxygen atoms in total. The van der Waals surface area contributed by atoms with E-state index in [1.165, 1.54) is 15.7 Å². The van der Waals surface area contributed by atoms with Crippen LogP contribution in [0.2, 0.25) is 0 Å². The first kappa shape index (κ1) is 11.8. The van der Waals surface area contributed by atoms with E-state index in [0.29, 0.717) is 11.5 Å². The van der Waals surface area contributed by atoms with Gasteiger partial charge in [0.25, 0.3) is 4.96 Å². The zero-order valence-corrected chi connectivity index (χ0v) is 10.3. The molecule has 0 aliphatic heterocycles. The standard InChI is InChI=1S/C9H13N5O2S/c1-9(2,5-10)12-6-7(14(15)16)13-3-4-17-8(13)11-6/h3-4,12H,5,10H2,1-2H3. The number of anilines is 1. The third-order valence-electron chi connectivity index (χ3n) is 2.38. The quantitative estimate of drug-likeness (QED) is 0.636. The van der Waals surface area contributed by atoms with E-state index in [1.54, 1.807) is 11.6 Å². The number of hydrogen-bond acceptors (Lipinski definition) is 6. The van der Waals surface area contributed by atoms with Gasteiger partial charge in [0.2, 0.25) is 5.82 Å². The summed E-state index contributed by atoms with van der Waals surface area (Å²) in [7, 11) is 0. The van der Waals surface area contributed by atoms with Gasteiger partial charge in [0, 0.05) is 17.5 Å². The van der Waals surface area contributed by atoms with E-state index >= 15 is 0 Å². The Morgan fingerprint density at radius 3 is 3.00 bits per heavy atom. The third-order valence-corrected chi connectivity index (χ3v) is 3.13. The Kier molecular flexibility index (Phi) is 2.76. The van der Waals surface area contributed by atoms with Crippen molar-refractivity contribution >= 4 is 27.9 Å². The first-order chi connectivity index (χ1) is 7.94. The second-order valence-corrected chi connectivity index (χ2v) is 5.18. The van der Waals surface area contributed by atoms with Gasteiger partial charge in [0.1, 0.15) is 6.20 Å². The highest BCUT2D eigenvalue weighted by Crippen LogP contribution is 2.29. The van der Waals surface area contributed by atoms with Crippen LogP contribution in [-0.2, 0) is 0 Å². The molecule has 17 heavy (non-hydrogen) atoms. The van der Waals surface area contributed by atoms with Gasteiger partial charge in [-0.25, -0.2) is 0 Å². The lowest BCUT2D eigenvalue weighted by atomic mass is 10.1. The summed E-state index contributed by atoms with van der Waals surface area (Å²) in [5.74, 6) is 0.208. The predicted molar refractivity (Wildman–Crippen MR) is 66.5 cm³/mol. The summed E-state index contributed by atoms with van der Waals surface area (Å²) in [6.07, 6.45) is 1.63. The zero-order chi connectivity index (χ0) is 12.6. The number of nitrogens with zero attached hydrogens (tertiary/aromatic N) is 3. The molecule has 0 aliphatic carbocycles. The van der Waals surface area contributed by atoms with Crippen molar-refractivity contribution in [1.29, 1.82) is 0 Å². The highest BCUT2D eigenvalue weighted by Gasteiger charge is 2.27. The molecule has 0 bridgehead atoms. The monoisotopic (exact) mass is 255 g/mol. The number of imidazole rings is 1. The maximum atomic E-state index is 11.0. The number of rotatable bonds is 4. The molecule has 2 aromatic rings. The average molecular weight is 255 g/mol. The highest BCUT2D eigenvalue weighted by molar-refractivity contribution is 7.15. The molecular formula is C9H13N5O2S. The van der Waals surface area contributed by atoms with Gasteiger partial charge >= 0.3 is 5.82 Å². The van der Waals surface area contributed by atoms with Crippen LogP contribution in [0.5, 0.6) is 0 Å². The van der Waals surface area contributed by atoms with E-state index in [4.69, 9.17) is 5.73 Å². The van der Waals surface area contributed by atoms with E-state index in [2.05, 4.69) is 10.3 Å². The van der Waals surface area contributed by atoms with E-state index < -0.39 is 10.5 Å². The average Bonchev–Trinajstić information content (AvgIpc) is 2.75. The maximum Gasteiger partial charge on any atom is 0.372 e. The molecule has 0 saturated carbocycles. The summed E-state index contributed by atoms with van der Waals surface area (Å²) in [4.78, 5) is 15.4. The van der Waals surface area contributed by atoms with Crippen LogP contribution in [-0.4, -0.2) is 26.4 Å². The molecule has 0 amide bonds.